The molecule has 0 unspecified atom stereocenters. The third-order valence-corrected chi connectivity index (χ3v) is 5.68. The molecule has 2 aromatic carbocycles. The van der Waals surface area contributed by atoms with Crippen molar-refractivity contribution in [1.82, 2.24) is 10.3 Å². The molecule has 142 valence electrons. The quantitative estimate of drug-likeness (QED) is 0.422. The number of thioether (sulfide) groups is 1. The number of rotatable bonds is 7. The van der Waals surface area contributed by atoms with Gasteiger partial charge in [0.2, 0.25) is 0 Å². The van der Waals surface area contributed by atoms with E-state index in [-0.39, 0.29) is 5.91 Å². The molecule has 0 saturated heterocycles. The van der Waals surface area contributed by atoms with Crippen LogP contribution in [0.3, 0.4) is 0 Å². The fourth-order valence-corrected chi connectivity index (χ4v) is 3.95. The van der Waals surface area contributed by atoms with Crippen molar-refractivity contribution in [1.29, 1.82) is 0 Å². The molecule has 0 aliphatic carbocycles. The standard InChI is InChI=1S/C21H23ClN2O2S/c1-14-19(17-6-4-5-7-18(17)24-14)27-13-12-23-20(25)21(2,3)26-16-10-8-15(22)9-11-16/h4-11,24H,12-13H2,1-3H3,(H,23,25). The summed E-state index contributed by atoms with van der Waals surface area (Å²) in [5, 5.41) is 4.82. The predicted octanol–water partition coefficient (Wildman–Crippen LogP) is 5.20. The van der Waals surface area contributed by atoms with Gasteiger partial charge < -0.3 is 15.0 Å². The van der Waals surface area contributed by atoms with Gasteiger partial charge in [-0.25, -0.2) is 0 Å². The number of ether oxygens (including phenoxy) is 1. The molecule has 0 aliphatic heterocycles. The maximum absolute atomic E-state index is 12.5. The Labute approximate surface area is 168 Å². The minimum atomic E-state index is -0.963. The van der Waals surface area contributed by atoms with E-state index < -0.39 is 5.60 Å². The van der Waals surface area contributed by atoms with Gasteiger partial charge in [0, 0.05) is 38.8 Å². The Morgan fingerprint density at radius 3 is 2.63 bits per heavy atom. The molecule has 0 bridgehead atoms. The number of amides is 1. The van der Waals surface area contributed by atoms with Crippen molar-refractivity contribution in [3.63, 3.8) is 0 Å². The molecule has 6 heteroatoms. The number of carbonyl (C=O) groups excluding carboxylic acids is 1. The summed E-state index contributed by atoms with van der Waals surface area (Å²) in [4.78, 5) is 17.1. The lowest BCUT2D eigenvalue weighted by molar-refractivity contribution is -0.134. The lowest BCUT2D eigenvalue weighted by Gasteiger charge is -2.25. The van der Waals surface area contributed by atoms with Gasteiger partial charge in [0.05, 0.1) is 0 Å². The van der Waals surface area contributed by atoms with Crippen LogP contribution in [0.15, 0.2) is 53.4 Å². The number of para-hydroxylation sites is 1. The number of aryl methyl sites for hydroxylation is 1. The number of hydrogen-bond donors (Lipinski definition) is 2. The highest BCUT2D eigenvalue weighted by Crippen LogP contribution is 2.31. The van der Waals surface area contributed by atoms with Crippen LogP contribution >= 0.6 is 23.4 Å². The van der Waals surface area contributed by atoms with Crippen molar-refractivity contribution in [3.8, 4) is 5.75 Å². The lowest BCUT2D eigenvalue weighted by Crippen LogP contribution is -2.47. The van der Waals surface area contributed by atoms with Gasteiger partial charge in [-0.05, 0) is 51.1 Å². The highest BCUT2D eigenvalue weighted by Gasteiger charge is 2.29. The highest BCUT2D eigenvalue weighted by atomic mass is 35.5. The fraction of sp³-hybridized carbons (Fsp3) is 0.286. The lowest BCUT2D eigenvalue weighted by atomic mass is 10.1. The van der Waals surface area contributed by atoms with Crippen LogP contribution in [0, 0.1) is 6.92 Å². The van der Waals surface area contributed by atoms with Crippen LogP contribution in [-0.2, 0) is 4.79 Å². The Morgan fingerprint density at radius 2 is 1.89 bits per heavy atom. The van der Waals surface area contributed by atoms with E-state index in [0.717, 1.165) is 17.0 Å². The van der Waals surface area contributed by atoms with Crippen LogP contribution in [0.4, 0.5) is 0 Å². The van der Waals surface area contributed by atoms with Crippen molar-refractivity contribution >= 4 is 40.2 Å². The molecule has 27 heavy (non-hydrogen) atoms. The Morgan fingerprint density at radius 1 is 1.19 bits per heavy atom. The predicted molar refractivity (Wildman–Crippen MR) is 113 cm³/mol. The van der Waals surface area contributed by atoms with E-state index in [4.69, 9.17) is 16.3 Å². The molecule has 0 saturated carbocycles. The number of halogens is 1. The van der Waals surface area contributed by atoms with Gasteiger partial charge in [-0.3, -0.25) is 4.79 Å². The van der Waals surface area contributed by atoms with Crippen molar-refractivity contribution in [3.05, 3.63) is 59.2 Å². The van der Waals surface area contributed by atoms with E-state index >= 15 is 0 Å². The first-order valence-electron chi connectivity index (χ1n) is 8.80. The average Bonchev–Trinajstić information content (AvgIpc) is 2.95. The molecule has 0 fully saturated rings. The number of nitrogens with one attached hydrogen (secondary N) is 2. The largest absolute Gasteiger partial charge is 0.478 e. The normalized spacial score (nSPS) is 11.6. The summed E-state index contributed by atoms with van der Waals surface area (Å²) in [7, 11) is 0. The first kappa shape index (κ1) is 19.6. The maximum atomic E-state index is 12.5. The van der Waals surface area contributed by atoms with E-state index in [9.17, 15) is 4.79 Å². The molecular weight excluding hydrogens is 380 g/mol. The second kappa shape index (κ2) is 8.28. The van der Waals surface area contributed by atoms with Gasteiger partial charge in [0.1, 0.15) is 5.75 Å². The van der Waals surface area contributed by atoms with Crippen molar-refractivity contribution in [2.45, 2.75) is 31.3 Å². The second-order valence-electron chi connectivity index (χ2n) is 6.80. The zero-order chi connectivity index (χ0) is 19.4. The Kier molecular flexibility index (Phi) is 6.02. The summed E-state index contributed by atoms with van der Waals surface area (Å²) in [6.07, 6.45) is 0. The van der Waals surface area contributed by atoms with Crippen LogP contribution in [0.25, 0.3) is 10.9 Å². The summed E-state index contributed by atoms with van der Waals surface area (Å²) < 4.78 is 5.82. The van der Waals surface area contributed by atoms with Crippen LogP contribution in [0.5, 0.6) is 5.75 Å². The fourth-order valence-electron chi connectivity index (χ4n) is 2.81. The molecule has 4 nitrogen and oxygen atoms in total. The summed E-state index contributed by atoms with van der Waals surface area (Å²) in [6, 6.07) is 15.2. The number of aromatic amines is 1. The number of aromatic nitrogens is 1. The average molecular weight is 403 g/mol. The molecule has 3 aromatic rings. The zero-order valence-corrected chi connectivity index (χ0v) is 17.2. The summed E-state index contributed by atoms with van der Waals surface area (Å²) in [6.45, 7) is 6.15. The Hall–Kier alpha value is -2.11. The second-order valence-corrected chi connectivity index (χ2v) is 8.34. The monoisotopic (exact) mass is 402 g/mol. The van der Waals surface area contributed by atoms with E-state index in [1.165, 1.54) is 10.3 Å². The van der Waals surface area contributed by atoms with Crippen molar-refractivity contribution < 1.29 is 9.53 Å². The van der Waals surface area contributed by atoms with Crippen LogP contribution in [-0.4, -0.2) is 28.8 Å². The molecule has 0 radical (unpaired) electrons. The molecule has 1 aromatic heterocycles. The molecule has 0 atom stereocenters. The molecule has 1 amide bonds. The van der Waals surface area contributed by atoms with Crippen LogP contribution < -0.4 is 10.1 Å². The van der Waals surface area contributed by atoms with E-state index in [1.54, 1.807) is 49.9 Å². The van der Waals surface area contributed by atoms with Crippen molar-refractivity contribution in [2.24, 2.45) is 0 Å². The third-order valence-electron chi connectivity index (χ3n) is 4.20. The smallest absolute Gasteiger partial charge is 0.263 e. The SMILES string of the molecule is Cc1[nH]c2ccccc2c1SCCNC(=O)C(C)(C)Oc1ccc(Cl)cc1. The third kappa shape index (κ3) is 4.79. The van der Waals surface area contributed by atoms with E-state index in [0.29, 0.717) is 17.3 Å². The van der Waals surface area contributed by atoms with Crippen LogP contribution in [0.2, 0.25) is 5.02 Å². The molecule has 3 rings (SSSR count). The Balaban J connectivity index is 1.52. The molecule has 0 aliphatic rings. The minimum Gasteiger partial charge on any atom is -0.478 e. The van der Waals surface area contributed by atoms with E-state index in [2.05, 4.69) is 29.4 Å². The number of carbonyl (C=O) groups is 1. The first-order chi connectivity index (χ1) is 12.9. The van der Waals surface area contributed by atoms with Gasteiger partial charge in [0.25, 0.3) is 5.91 Å². The number of H-pyrrole nitrogens is 1. The minimum absolute atomic E-state index is 0.145. The number of benzene rings is 2. The van der Waals surface area contributed by atoms with Gasteiger partial charge >= 0.3 is 0 Å². The molecule has 0 spiro atoms. The zero-order valence-electron chi connectivity index (χ0n) is 15.6. The van der Waals surface area contributed by atoms with Gasteiger partial charge in [-0.2, -0.15) is 0 Å². The molecular formula is C21H23ClN2O2S. The molecule has 1 heterocycles. The van der Waals surface area contributed by atoms with Gasteiger partial charge in [-0.15, -0.1) is 11.8 Å². The molecule has 2 N–H and O–H groups in total. The summed E-state index contributed by atoms with van der Waals surface area (Å²) in [5.74, 6) is 1.25. The topological polar surface area (TPSA) is 54.1 Å². The summed E-state index contributed by atoms with van der Waals surface area (Å²) >= 11 is 7.62. The van der Waals surface area contributed by atoms with Gasteiger partial charge in [-0.1, -0.05) is 29.8 Å². The number of hydrogen-bond acceptors (Lipinski definition) is 3. The highest BCUT2D eigenvalue weighted by molar-refractivity contribution is 7.99. The maximum Gasteiger partial charge on any atom is 0.263 e. The van der Waals surface area contributed by atoms with E-state index in [1.807, 2.05) is 12.1 Å². The van der Waals surface area contributed by atoms with Crippen molar-refractivity contribution in [2.75, 3.05) is 12.3 Å². The van der Waals surface area contributed by atoms with Crippen LogP contribution in [0.1, 0.15) is 19.5 Å². The summed E-state index contributed by atoms with van der Waals surface area (Å²) in [5.41, 5.74) is 1.33. The first-order valence-corrected chi connectivity index (χ1v) is 10.2. The van der Waals surface area contributed by atoms with Gasteiger partial charge in [0.15, 0.2) is 5.60 Å². The number of fused-ring (bicyclic) bond motifs is 1. The Bertz CT molecular complexity index is 935.